The Labute approximate surface area is 149 Å². The number of phenolic OH excluding ortho intramolecular Hbond substituents is 1. The number of ketones is 1. The van der Waals surface area contributed by atoms with Crippen LogP contribution < -0.4 is 5.32 Å². The lowest BCUT2D eigenvalue weighted by Crippen LogP contribution is -2.30. The molecule has 1 aromatic carbocycles. The summed E-state index contributed by atoms with van der Waals surface area (Å²) >= 11 is 1.66. The lowest BCUT2D eigenvalue weighted by molar-refractivity contribution is -0.385. The van der Waals surface area contributed by atoms with Gasteiger partial charge in [-0.2, -0.15) is 0 Å². The highest BCUT2D eigenvalue weighted by Crippen LogP contribution is 2.52. The van der Waals surface area contributed by atoms with Gasteiger partial charge in [-0.25, -0.2) is 0 Å². The maximum absolute atomic E-state index is 12.7. The number of allylic oxidation sites excluding steroid dienone is 4. The van der Waals surface area contributed by atoms with Crippen molar-refractivity contribution in [2.75, 3.05) is 5.75 Å². The third-order valence-corrected chi connectivity index (χ3v) is 6.27. The summed E-state index contributed by atoms with van der Waals surface area (Å²) in [6, 6.07) is 2.87. The van der Waals surface area contributed by atoms with E-state index in [9.17, 15) is 20.0 Å². The van der Waals surface area contributed by atoms with Gasteiger partial charge in [0.05, 0.1) is 10.8 Å². The van der Waals surface area contributed by atoms with Crippen LogP contribution in [0.15, 0.2) is 34.0 Å². The number of hydrogen-bond acceptors (Lipinski definition) is 6. The van der Waals surface area contributed by atoms with Gasteiger partial charge >= 0.3 is 0 Å². The number of nitro groups is 1. The summed E-state index contributed by atoms with van der Waals surface area (Å²) in [5, 5.41) is 25.3. The zero-order chi connectivity index (χ0) is 17.7. The molecule has 1 unspecified atom stereocenters. The van der Waals surface area contributed by atoms with Crippen molar-refractivity contribution in [1.29, 1.82) is 0 Å². The molecule has 2 N–H and O–H groups in total. The summed E-state index contributed by atoms with van der Waals surface area (Å²) in [6.45, 7) is 1.61. The predicted octanol–water partition coefficient (Wildman–Crippen LogP) is 3.65. The van der Waals surface area contributed by atoms with Gasteiger partial charge < -0.3 is 10.4 Å². The molecule has 2 aliphatic heterocycles. The van der Waals surface area contributed by atoms with Crippen LogP contribution in [0.4, 0.5) is 5.69 Å². The lowest BCUT2D eigenvalue weighted by Gasteiger charge is -2.33. The van der Waals surface area contributed by atoms with Gasteiger partial charge in [0.1, 0.15) is 5.75 Å². The SMILES string of the molecule is Cc1cc(O)c(C2C3=C(CCS3)NC3=C2C(=O)CCC3)cc1[N+](=O)[O-]. The molecule has 2 heterocycles. The summed E-state index contributed by atoms with van der Waals surface area (Å²) in [7, 11) is 0. The van der Waals surface area contributed by atoms with E-state index in [4.69, 9.17) is 0 Å². The van der Waals surface area contributed by atoms with E-state index < -0.39 is 10.8 Å². The number of dihydropyridines is 1. The molecule has 0 spiro atoms. The molecule has 0 saturated carbocycles. The van der Waals surface area contributed by atoms with Gasteiger partial charge in [0.25, 0.3) is 5.69 Å². The molecule has 1 aliphatic carbocycles. The minimum atomic E-state index is -0.436. The van der Waals surface area contributed by atoms with Crippen molar-refractivity contribution in [2.24, 2.45) is 0 Å². The first-order valence-electron chi connectivity index (χ1n) is 8.34. The third-order valence-electron chi connectivity index (χ3n) is 5.07. The highest BCUT2D eigenvalue weighted by molar-refractivity contribution is 8.03. The van der Waals surface area contributed by atoms with Gasteiger partial charge in [0, 0.05) is 51.2 Å². The molecule has 0 saturated heterocycles. The molecule has 7 heteroatoms. The first-order chi connectivity index (χ1) is 12.0. The Kier molecular flexibility index (Phi) is 3.83. The zero-order valence-corrected chi connectivity index (χ0v) is 14.6. The van der Waals surface area contributed by atoms with E-state index in [1.165, 1.54) is 12.1 Å². The number of aromatic hydroxyl groups is 1. The van der Waals surface area contributed by atoms with E-state index in [1.54, 1.807) is 18.7 Å². The standard InChI is InChI=1S/C18H18N2O4S/c1-9-7-15(22)10(8-13(9)20(23)24)16-17-11(3-2-4-14(17)21)19-12-5-6-25-18(12)16/h7-8,16,19,22H,2-6H2,1H3. The molecule has 25 heavy (non-hydrogen) atoms. The van der Waals surface area contributed by atoms with Crippen molar-refractivity contribution >= 4 is 23.2 Å². The molecule has 0 fully saturated rings. The molecule has 0 aromatic heterocycles. The fourth-order valence-corrected chi connectivity index (χ4v) is 5.18. The zero-order valence-electron chi connectivity index (χ0n) is 13.8. The first-order valence-corrected chi connectivity index (χ1v) is 9.33. The Morgan fingerprint density at radius 3 is 2.84 bits per heavy atom. The van der Waals surface area contributed by atoms with Crippen LogP contribution in [0.3, 0.4) is 0 Å². The second-order valence-electron chi connectivity index (χ2n) is 6.62. The number of benzene rings is 1. The van der Waals surface area contributed by atoms with Gasteiger partial charge in [-0.3, -0.25) is 14.9 Å². The average molecular weight is 358 g/mol. The Morgan fingerprint density at radius 2 is 2.08 bits per heavy atom. The molecule has 3 aliphatic rings. The molecular formula is C18H18N2O4S. The quantitative estimate of drug-likeness (QED) is 0.619. The van der Waals surface area contributed by atoms with E-state index >= 15 is 0 Å². The van der Waals surface area contributed by atoms with Crippen LogP contribution in [0.5, 0.6) is 5.75 Å². The number of aryl methyl sites for hydroxylation is 1. The number of nitrogens with one attached hydrogen (secondary N) is 1. The van der Waals surface area contributed by atoms with Gasteiger partial charge in [0.2, 0.25) is 0 Å². The van der Waals surface area contributed by atoms with E-state index in [1.807, 2.05) is 0 Å². The second-order valence-corrected chi connectivity index (χ2v) is 7.76. The van der Waals surface area contributed by atoms with Crippen molar-refractivity contribution < 1.29 is 14.8 Å². The molecule has 1 aromatic rings. The second kappa shape index (κ2) is 5.91. The van der Waals surface area contributed by atoms with Crippen LogP contribution in [0.25, 0.3) is 0 Å². The molecular weight excluding hydrogens is 340 g/mol. The number of carbonyl (C=O) groups excluding carboxylic acids is 1. The summed E-state index contributed by atoms with van der Waals surface area (Å²) in [5.41, 5.74) is 3.53. The number of phenols is 1. The number of rotatable bonds is 2. The van der Waals surface area contributed by atoms with E-state index in [-0.39, 0.29) is 17.2 Å². The summed E-state index contributed by atoms with van der Waals surface area (Å²) in [6.07, 6.45) is 2.98. The van der Waals surface area contributed by atoms with Crippen LogP contribution in [0, 0.1) is 17.0 Å². The van der Waals surface area contributed by atoms with Gasteiger partial charge in [-0.05, 0) is 32.3 Å². The van der Waals surface area contributed by atoms with Crippen LogP contribution in [0.1, 0.15) is 42.7 Å². The maximum Gasteiger partial charge on any atom is 0.272 e. The monoisotopic (exact) mass is 358 g/mol. The van der Waals surface area contributed by atoms with Gasteiger partial charge in [0.15, 0.2) is 5.78 Å². The molecule has 1 atom stereocenters. The van der Waals surface area contributed by atoms with E-state index in [0.717, 1.165) is 41.3 Å². The highest BCUT2D eigenvalue weighted by atomic mass is 32.2. The Balaban J connectivity index is 1.93. The van der Waals surface area contributed by atoms with Crippen LogP contribution in [-0.2, 0) is 4.79 Å². The summed E-state index contributed by atoms with van der Waals surface area (Å²) in [4.78, 5) is 24.6. The summed E-state index contributed by atoms with van der Waals surface area (Å²) in [5.74, 6) is 0.600. The van der Waals surface area contributed by atoms with Crippen molar-refractivity contribution in [3.8, 4) is 5.75 Å². The number of Topliss-reactive ketones (excluding diaryl/α,β-unsaturated/α-hetero) is 1. The Morgan fingerprint density at radius 1 is 1.28 bits per heavy atom. The van der Waals surface area contributed by atoms with E-state index in [0.29, 0.717) is 23.1 Å². The minimum absolute atomic E-state index is 0.0135. The number of nitrogens with zero attached hydrogens (tertiary/aromatic N) is 1. The molecule has 4 rings (SSSR count). The molecule has 6 nitrogen and oxygen atoms in total. The van der Waals surface area contributed by atoms with Crippen LogP contribution in [0.2, 0.25) is 0 Å². The first kappa shape index (κ1) is 16.2. The fourth-order valence-electron chi connectivity index (χ4n) is 3.92. The lowest BCUT2D eigenvalue weighted by atomic mass is 9.78. The van der Waals surface area contributed by atoms with Crippen molar-refractivity contribution in [3.05, 3.63) is 55.2 Å². The number of hydrogen-bond donors (Lipinski definition) is 2. The smallest absolute Gasteiger partial charge is 0.272 e. The van der Waals surface area contributed by atoms with Crippen molar-refractivity contribution in [3.63, 3.8) is 0 Å². The normalized spacial score (nSPS) is 22.6. The number of carbonyl (C=O) groups is 1. The van der Waals surface area contributed by atoms with Gasteiger partial charge in [-0.1, -0.05) is 0 Å². The highest BCUT2D eigenvalue weighted by Gasteiger charge is 2.40. The van der Waals surface area contributed by atoms with Gasteiger partial charge in [-0.15, -0.1) is 11.8 Å². The van der Waals surface area contributed by atoms with Crippen molar-refractivity contribution in [1.82, 2.24) is 5.32 Å². The molecule has 0 radical (unpaired) electrons. The average Bonchev–Trinajstić information content (AvgIpc) is 3.01. The predicted molar refractivity (Wildman–Crippen MR) is 95.4 cm³/mol. The molecule has 0 amide bonds. The minimum Gasteiger partial charge on any atom is -0.508 e. The van der Waals surface area contributed by atoms with Crippen LogP contribution >= 0.6 is 11.8 Å². The number of nitro benzene ring substituents is 1. The Bertz CT molecular complexity index is 872. The third kappa shape index (κ3) is 2.54. The maximum atomic E-state index is 12.7. The van der Waals surface area contributed by atoms with E-state index in [2.05, 4.69) is 5.32 Å². The summed E-state index contributed by atoms with van der Waals surface area (Å²) < 4.78 is 0. The Hall–Kier alpha value is -2.28. The van der Waals surface area contributed by atoms with Crippen LogP contribution in [-0.4, -0.2) is 21.6 Å². The van der Waals surface area contributed by atoms with Crippen molar-refractivity contribution in [2.45, 2.75) is 38.5 Å². The fraction of sp³-hybridized carbons (Fsp3) is 0.389. The number of thioether (sulfide) groups is 1. The largest absolute Gasteiger partial charge is 0.508 e. The molecule has 0 bridgehead atoms. The molecule has 130 valence electrons. The topological polar surface area (TPSA) is 92.5 Å².